The molecule has 3 N–H and O–H groups in total. The molecular weight excluding hydrogens is 955 g/mol. The Labute approximate surface area is 434 Å². The molecule has 18 heteroatoms. The summed E-state index contributed by atoms with van der Waals surface area (Å²) in [6.07, 6.45) is 1.46. The number of nitrogens with zero attached hydrogens (tertiary/aromatic N) is 6. The lowest BCUT2D eigenvalue weighted by Gasteiger charge is -2.12. The summed E-state index contributed by atoms with van der Waals surface area (Å²) in [6.45, 7) is 1.79. The van der Waals surface area contributed by atoms with Gasteiger partial charge in [0.25, 0.3) is 17.7 Å². The number of rotatable bonds is 27. The molecule has 384 valence electrons. The lowest BCUT2D eigenvalue weighted by Crippen LogP contribution is -2.30. The molecule has 18 nitrogen and oxygen atoms in total. The summed E-state index contributed by atoms with van der Waals surface area (Å²) in [6, 6.07) is 47.7. The molecule has 3 amide bonds. The monoisotopic (exact) mass is 1010 g/mol. The Morgan fingerprint density at radius 1 is 0.320 bits per heavy atom. The standard InChI is InChI=1S/C57H57N9O9/c1-70-49-19-7-43(8-20-49)61-64-46-13-25-52(26-14-46)73-34-4-31-58-55(67)40-37-41(56(68)59-32-5-35-74-53-27-15-47(16-28-53)65-62-44-9-21-50(71-2)22-10-44)39-42(38-40)57(69)60-33-6-36-75-54-29-17-48(18-30-54)66-63-45-11-23-51(72-3)24-12-45/h7-30,37-39H,4-6,31-36H2,1-3H3,(H,58,67)(H,59,68)(H,60,69). The van der Waals surface area contributed by atoms with Gasteiger partial charge in [-0.05, 0) is 183 Å². The number of azo groups is 3. The topological polar surface area (TPSA) is 217 Å². The van der Waals surface area contributed by atoms with Crippen molar-refractivity contribution in [3.8, 4) is 34.5 Å². The maximum atomic E-state index is 13.5. The van der Waals surface area contributed by atoms with E-state index in [0.717, 1.165) is 17.2 Å². The minimum Gasteiger partial charge on any atom is -0.497 e. The van der Waals surface area contributed by atoms with Crippen LogP contribution in [0.3, 0.4) is 0 Å². The fourth-order valence-corrected chi connectivity index (χ4v) is 6.84. The highest BCUT2D eigenvalue weighted by Gasteiger charge is 2.17. The van der Waals surface area contributed by atoms with Gasteiger partial charge in [0.15, 0.2) is 0 Å². The van der Waals surface area contributed by atoms with Crippen LogP contribution in [0.4, 0.5) is 34.1 Å². The van der Waals surface area contributed by atoms with E-state index in [2.05, 4.69) is 46.6 Å². The van der Waals surface area contributed by atoms with E-state index < -0.39 is 17.7 Å². The van der Waals surface area contributed by atoms with Gasteiger partial charge in [-0.2, -0.15) is 30.7 Å². The normalized spacial score (nSPS) is 11.1. The summed E-state index contributed by atoms with van der Waals surface area (Å²) < 4.78 is 33.2. The van der Waals surface area contributed by atoms with E-state index in [1.807, 2.05) is 72.8 Å². The molecule has 0 unspecified atom stereocenters. The van der Waals surface area contributed by atoms with E-state index in [9.17, 15) is 14.4 Å². The molecule has 0 aliphatic rings. The molecule has 0 aliphatic carbocycles. The van der Waals surface area contributed by atoms with Gasteiger partial charge in [-0.1, -0.05) is 0 Å². The molecule has 75 heavy (non-hydrogen) atoms. The van der Waals surface area contributed by atoms with E-state index in [0.29, 0.717) is 90.5 Å². The SMILES string of the molecule is COc1ccc(N=Nc2ccc(OCCCNC(=O)c3cc(C(=O)NCCCOc4ccc(N=Nc5ccc(OC)cc5)cc4)cc(C(=O)NCCCOc4ccc(N=Nc5ccc(OC)cc5)cc4)c3)cc2)cc1. The van der Waals surface area contributed by atoms with E-state index in [1.165, 1.54) is 18.2 Å². The maximum absolute atomic E-state index is 13.5. The van der Waals surface area contributed by atoms with Gasteiger partial charge in [-0.25, -0.2) is 0 Å². The van der Waals surface area contributed by atoms with Crippen molar-refractivity contribution in [2.24, 2.45) is 30.7 Å². The molecule has 7 aromatic rings. The fourth-order valence-electron chi connectivity index (χ4n) is 6.84. The third-order valence-electron chi connectivity index (χ3n) is 10.9. The van der Waals surface area contributed by atoms with Crippen LogP contribution in [0.2, 0.25) is 0 Å². The van der Waals surface area contributed by atoms with E-state index in [4.69, 9.17) is 28.4 Å². The van der Waals surface area contributed by atoms with Crippen LogP contribution in [0.15, 0.2) is 194 Å². The summed E-state index contributed by atoms with van der Waals surface area (Å²) in [4.78, 5) is 40.5. The number of carbonyl (C=O) groups is 3. The summed E-state index contributed by atoms with van der Waals surface area (Å²) in [7, 11) is 4.82. The van der Waals surface area contributed by atoms with Gasteiger partial charge < -0.3 is 44.4 Å². The molecule has 0 atom stereocenters. The first-order valence-electron chi connectivity index (χ1n) is 24.1. The van der Waals surface area contributed by atoms with Gasteiger partial charge in [0, 0.05) is 36.3 Å². The van der Waals surface area contributed by atoms with Crippen LogP contribution < -0.4 is 44.4 Å². The Kier molecular flexibility index (Phi) is 20.3. The van der Waals surface area contributed by atoms with E-state index in [1.54, 1.807) is 94.1 Å². The van der Waals surface area contributed by atoms with Crippen LogP contribution in [0.5, 0.6) is 34.5 Å². The molecule has 0 heterocycles. The van der Waals surface area contributed by atoms with Crippen molar-refractivity contribution in [1.29, 1.82) is 0 Å². The second-order valence-corrected chi connectivity index (χ2v) is 16.3. The van der Waals surface area contributed by atoms with Crippen molar-refractivity contribution >= 4 is 51.8 Å². The molecule has 0 aromatic heterocycles. The molecule has 7 aromatic carbocycles. The van der Waals surface area contributed by atoms with Gasteiger partial charge in [-0.15, -0.1) is 0 Å². The smallest absolute Gasteiger partial charge is 0.251 e. The lowest BCUT2D eigenvalue weighted by molar-refractivity contribution is 0.0950. The minimum atomic E-state index is -0.450. The summed E-state index contributed by atoms with van der Waals surface area (Å²) in [5.74, 6) is 2.77. The number of methoxy groups -OCH3 is 3. The number of ether oxygens (including phenoxy) is 6. The highest BCUT2D eigenvalue weighted by molar-refractivity contribution is 6.04. The van der Waals surface area contributed by atoms with Crippen LogP contribution in [0.25, 0.3) is 0 Å². The van der Waals surface area contributed by atoms with Crippen molar-refractivity contribution in [2.45, 2.75) is 19.3 Å². The molecule has 0 spiro atoms. The molecule has 0 aliphatic heterocycles. The van der Waals surface area contributed by atoms with Crippen molar-refractivity contribution in [2.75, 3.05) is 60.8 Å². The molecule has 0 fully saturated rings. The zero-order valence-corrected chi connectivity index (χ0v) is 41.8. The summed E-state index contributed by atoms with van der Waals surface area (Å²) in [5, 5.41) is 34.2. The lowest BCUT2D eigenvalue weighted by atomic mass is 10.0. The zero-order chi connectivity index (χ0) is 52.5. The Hall–Kier alpha value is -9.45. The average molecular weight is 1010 g/mol. The Morgan fingerprint density at radius 3 is 0.720 bits per heavy atom. The van der Waals surface area contributed by atoms with Gasteiger partial charge in [0.05, 0.1) is 75.3 Å². The molecule has 0 radical (unpaired) electrons. The average Bonchev–Trinajstić information content (AvgIpc) is 3.46. The maximum Gasteiger partial charge on any atom is 0.251 e. The number of nitrogens with one attached hydrogen (secondary N) is 3. The molecule has 0 saturated heterocycles. The van der Waals surface area contributed by atoms with E-state index in [-0.39, 0.29) is 36.3 Å². The Balaban J connectivity index is 0.881. The molecule has 0 saturated carbocycles. The van der Waals surface area contributed by atoms with Crippen molar-refractivity contribution in [3.63, 3.8) is 0 Å². The first-order chi connectivity index (χ1) is 36.7. The summed E-state index contributed by atoms with van der Waals surface area (Å²) in [5.41, 5.74) is 4.51. The number of amides is 3. The van der Waals surface area contributed by atoms with Gasteiger partial charge >= 0.3 is 0 Å². The highest BCUT2D eigenvalue weighted by atomic mass is 16.5. The van der Waals surface area contributed by atoms with Gasteiger partial charge in [0.2, 0.25) is 0 Å². The van der Waals surface area contributed by atoms with Crippen molar-refractivity contribution < 1.29 is 42.8 Å². The van der Waals surface area contributed by atoms with E-state index >= 15 is 0 Å². The largest absolute Gasteiger partial charge is 0.497 e. The molecule has 7 rings (SSSR count). The third kappa shape index (κ3) is 17.7. The van der Waals surface area contributed by atoms with Crippen LogP contribution in [-0.2, 0) is 0 Å². The van der Waals surface area contributed by atoms with Crippen LogP contribution in [-0.4, -0.2) is 78.5 Å². The Morgan fingerprint density at radius 2 is 0.520 bits per heavy atom. The molecular formula is C57H57N9O9. The number of benzene rings is 7. The predicted octanol–water partition coefficient (Wildman–Crippen LogP) is 12.6. The second-order valence-electron chi connectivity index (χ2n) is 16.3. The number of hydrogen-bond donors (Lipinski definition) is 3. The van der Waals surface area contributed by atoms with Crippen molar-refractivity contribution in [1.82, 2.24) is 16.0 Å². The van der Waals surface area contributed by atoms with Gasteiger partial charge in [-0.3, -0.25) is 14.4 Å². The van der Waals surface area contributed by atoms with Crippen molar-refractivity contribution in [3.05, 3.63) is 180 Å². The van der Waals surface area contributed by atoms with Crippen LogP contribution >= 0.6 is 0 Å². The zero-order valence-electron chi connectivity index (χ0n) is 41.8. The molecule has 0 bridgehead atoms. The van der Waals surface area contributed by atoms with Crippen LogP contribution in [0, 0.1) is 0 Å². The highest BCUT2D eigenvalue weighted by Crippen LogP contribution is 2.26. The fraction of sp³-hybridized carbons (Fsp3) is 0.211. The van der Waals surface area contributed by atoms with Crippen LogP contribution in [0.1, 0.15) is 50.3 Å². The number of hydrogen-bond acceptors (Lipinski definition) is 15. The first-order valence-corrected chi connectivity index (χ1v) is 24.1. The second kappa shape index (κ2) is 28.6. The van der Waals surface area contributed by atoms with Gasteiger partial charge in [0.1, 0.15) is 34.5 Å². The third-order valence-corrected chi connectivity index (χ3v) is 10.9. The Bertz CT molecular complexity index is 2670. The minimum absolute atomic E-state index is 0.152. The first kappa shape index (κ1) is 53.4. The predicted molar refractivity (Wildman–Crippen MR) is 285 cm³/mol. The quantitative estimate of drug-likeness (QED) is 0.0329. The summed E-state index contributed by atoms with van der Waals surface area (Å²) >= 11 is 0. The number of carbonyl (C=O) groups excluding carboxylic acids is 3.